The molecule has 0 aromatic heterocycles. The molecule has 0 aliphatic heterocycles. The standard InChI is InChI=1S/C39H64N2O6/c1-28(10-6-12-29(2)25-41-30(3)18-23-47-5)11-7-14-32(26-43)34-17-19-39(37(34)45)35(16-9-22-42)36-31(13-8-15-33(36)27-44)24-38(39,46)20-21-40-4/h7,11-12,14,27,30-31,34-35,37,40-43,45-46H,1,6,8-10,13,15-26H2,2-5H3/b11-7+,29-12+,32-14-/t30-,31-,34+,35+,37-,38-,39-/m1/s1. The van der Waals surface area contributed by atoms with E-state index in [9.17, 15) is 25.2 Å². The van der Waals surface area contributed by atoms with Gasteiger partial charge < -0.3 is 35.8 Å². The lowest BCUT2D eigenvalue weighted by molar-refractivity contribution is -0.190. The second kappa shape index (κ2) is 19.3. The van der Waals surface area contributed by atoms with E-state index in [1.165, 1.54) is 5.57 Å². The summed E-state index contributed by atoms with van der Waals surface area (Å²) in [5.41, 5.74) is 2.95. The molecule has 0 aromatic rings. The molecule has 8 heteroatoms. The number of carbonyl (C=O) groups excluding carboxylic acids is 1. The second-order valence-corrected chi connectivity index (χ2v) is 14.4. The van der Waals surface area contributed by atoms with Gasteiger partial charge in [-0.05, 0) is 127 Å². The molecule has 0 unspecified atom stereocenters. The Kier molecular flexibility index (Phi) is 16.3. The van der Waals surface area contributed by atoms with Crippen LogP contribution in [-0.2, 0) is 9.53 Å². The number of methoxy groups -OCH3 is 1. The summed E-state index contributed by atoms with van der Waals surface area (Å²) >= 11 is 0. The van der Waals surface area contributed by atoms with Crippen molar-refractivity contribution in [3.63, 3.8) is 0 Å². The number of fused-ring (bicyclic) bond motifs is 1. The predicted molar refractivity (Wildman–Crippen MR) is 190 cm³/mol. The molecule has 47 heavy (non-hydrogen) atoms. The van der Waals surface area contributed by atoms with Gasteiger partial charge in [0.2, 0.25) is 0 Å². The van der Waals surface area contributed by atoms with Gasteiger partial charge in [0, 0.05) is 44.2 Å². The largest absolute Gasteiger partial charge is 0.396 e. The molecule has 6 N–H and O–H groups in total. The highest BCUT2D eigenvalue weighted by atomic mass is 16.5. The third kappa shape index (κ3) is 9.62. The molecule has 0 bridgehead atoms. The van der Waals surface area contributed by atoms with Crippen LogP contribution in [0.4, 0.5) is 0 Å². The van der Waals surface area contributed by atoms with Gasteiger partial charge in [0.1, 0.15) is 6.29 Å². The van der Waals surface area contributed by atoms with Crippen molar-refractivity contribution in [1.82, 2.24) is 10.6 Å². The zero-order chi connectivity index (χ0) is 34.5. The van der Waals surface area contributed by atoms with Crippen molar-refractivity contribution in [3.8, 4) is 0 Å². The van der Waals surface area contributed by atoms with Crippen LogP contribution in [0.25, 0.3) is 0 Å². The third-order valence-corrected chi connectivity index (χ3v) is 11.4. The molecule has 0 amide bonds. The van der Waals surface area contributed by atoms with Gasteiger partial charge >= 0.3 is 0 Å². The summed E-state index contributed by atoms with van der Waals surface area (Å²) in [4.78, 5) is 12.3. The third-order valence-electron chi connectivity index (χ3n) is 11.4. The molecular formula is C39H64N2O6. The highest BCUT2D eigenvalue weighted by molar-refractivity contribution is 5.75. The molecule has 266 valence electrons. The number of aliphatic hydroxyl groups excluding tert-OH is 3. The lowest BCUT2D eigenvalue weighted by atomic mass is 9.47. The summed E-state index contributed by atoms with van der Waals surface area (Å²) in [6, 6.07) is 0.402. The molecule has 3 aliphatic carbocycles. The topological polar surface area (TPSA) is 131 Å². The van der Waals surface area contributed by atoms with E-state index in [-0.39, 0.29) is 31.0 Å². The summed E-state index contributed by atoms with van der Waals surface area (Å²) in [5.74, 6) is -0.417. The quantitative estimate of drug-likeness (QED) is 0.0617. The smallest absolute Gasteiger partial charge is 0.145 e. The zero-order valence-corrected chi connectivity index (χ0v) is 29.6. The minimum atomic E-state index is -1.14. The van der Waals surface area contributed by atoms with Crippen LogP contribution in [0.15, 0.2) is 58.7 Å². The van der Waals surface area contributed by atoms with Crippen LogP contribution in [0.2, 0.25) is 0 Å². The van der Waals surface area contributed by atoms with Gasteiger partial charge in [-0.3, -0.25) is 4.79 Å². The molecule has 1 spiro atoms. The molecule has 0 aromatic carbocycles. The molecule has 0 saturated heterocycles. The monoisotopic (exact) mass is 656 g/mol. The predicted octanol–water partition coefficient (Wildman–Crippen LogP) is 4.94. The molecule has 3 aliphatic rings. The van der Waals surface area contributed by atoms with E-state index in [1.807, 2.05) is 25.3 Å². The second-order valence-electron chi connectivity index (χ2n) is 14.4. The first-order chi connectivity index (χ1) is 22.6. The highest BCUT2D eigenvalue weighted by Crippen LogP contribution is 2.66. The maximum absolute atomic E-state index is 12.6. The summed E-state index contributed by atoms with van der Waals surface area (Å²) in [6.45, 7) is 10.6. The maximum atomic E-state index is 12.6. The molecule has 0 radical (unpaired) electrons. The molecule has 0 heterocycles. The number of allylic oxidation sites excluding steroid dienone is 7. The molecule has 2 fully saturated rings. The number of rotatable bonds is 20. The Bertz CT molecular complexity index is 1140. The van der Waals surface area contributed by atoms with Gasteiger partial charge in [0.05, 0.1) is 18.3 Å². The highest BCUT2D eigenvalue weighted by Gasteiger charge is 2.67. The molecule has 3 rings (SSSR count). The Morgan fingerprint density at radius 1 is 1.26 bits per heavy atom. The van der Waals surface area contributed by atoms with Crippen molar-refractivity contribution in [1.29, 1.82) is 0 Å². The fourth-order valence-electron chi connectivity index (χ4n) is 8.85. The number of hydrogen-bond donors (Lipinski definition) is 6. The van der Waals surface area contributed by atoms with E-state index in [1.54, 1.807) is 7.11 Å². The Morgan fingerprint density at radius 2 is 2.04 bits per heavy atom. The summed E-state index contributed by atoms with van der Waals surface area (Å²) < 4.78 is 5.15. The lowest BCUT2D eigenvalue weighted by Gasteiger charge is -2.60. The van der Waals surface area contributed by atoms with Crippen molar-refractivity contribution < 1.29 is 30.0 Å². The Hall–Kier alpha value is -1.91. The fourth-order valence-corrected chi connectivity index (χ4v) is 8.85. The van der Waals surface area contributed by atoms with Crippen LogP contribution in [0.3, 0.4) is 0 Å². The lowest BCUT2D eigenvalue weighted by Crippen LogP contribution is -2.63. The van der Waals surface area contributed by atoms with Gasteiger partial charge in [-0.1, -0.05) is 47.6 Å². The van der Waals surface area contributed by atoms with Crippen LogP contribution in [-0.4, -0.2) is 91.5 Å². The average molecular weight is 657 g/mol. The molecule has 7 atom stereocenters. The Morgan fingerprint density at radius 3 is 2.72 bits per heavy atom. The number of hydrogen-bond acceptors (Lipinski definition) is 8. The van der Waals surface area contributed by atoms with Crippen molar-refractivity contribution in [3.05, 3.63) is 58.7 Å². The molecule has 8 nitrogen and oxygen atoms in total. The first-order valence-electron chi connectivity index (χ1n) is 18.0. The summed E-state index contributed by atoms with van der Waals surface area (Å²) in [6.07, 6.45) is 16.8. The number of carbonyl (C=O) groups is 1. The Labute approximate surface area is 284 Å². The fraction of sp³-hybridized carbons (Fsp3) is 0.718. The van der Waals surface area contributed by atoms with Crippen LogP contribution in [0, 0.1) is 23.2 Å². The number of ether oxygens (including phenoxy) is 1. The maximum Gasteiger partial charge on any atom is 0.145 e. The molecular weight excluding hydrogens is 592 g/mol. The van der Waals surface area contributed by atoms with Crippen LogP contribution >= 0.6 is 0 Å². The van der Waals surface area contributed by atoms with E-state index in [4.69, 9.17) is 4.74 Å². The zero-order valence-electron chi connectivity index (χ0n) is 29.6. The first kappa shape index (κ1) is 39.5. The number of aldehydes is 1. The number of nitrogens with one attached hydrogen (secondary N) is 2. The van der Waals surface area contributed by atoms with Crippen LogP contribution in [0.1, 0.15) is 90.9 Å². The SMILES string of the molecule is C=C(/C=C/C=C(/CO)[C@@H]1CC[C@]2([C@@H]1O)[C@@H](CCCO)C1=C(C=O)CCC[C@@H]1C[C@]2(O)CCNC)CC/C=C(\C)CN[C@H](C)CCOC. The van der Waals surface area contributed by atoms with Crippen LogP contribution in [0.5, 0.6) is 0 Å². The van der Waals surface area contributed by atoms with E-state index >= 15 is 0 Å². The molecule has 2 saturated carbocycles. The van der Waals surface area contributed by atoms with Gasteiger partial charge in [-0.2, -0.15) is 0 Å². The van der Waals surface area contributed by atoms with Crippen LogP contribution < -0.4 is 10.6 Å². The van der Waals surface area contributed by atoms with Gasteiger partial charge in [0.25, 0.3) is 0 Å². The van der Waals surface area contributed by atoms with Gasteiger partial charge in [-0.15, -0.1) is 0 Å². The van der Waals surface area contributed by atoms with Gasteiger partial charge in [0.15, 0.2) is 0 Å². The van der Waals surface area contributed by atoms with Crippen molar-refractivity contribution >= 4 is 6.29 Å². The first-order valence-corrected chi connectivity index (χ1v) is 18.0. The Balaban J connectivity index is 1.79. The number of aliphatic hydroxyl groups is 4. The van der Waals surface area contributed by atoms with E-state index < -0.39 is 17.1 Å². The van der Waals surface area contributed by atoms with E-state index in [2.05, 4.69) is 37.1 Å². The van der Waals surface area contributed by atoms with Crippen molar-refractivity contribution in [2.45, 2.75) is 109 Å². The summed E-state index contributed by atoms with van der Waals surface area (Å²) in [7, 11) is 3.60. The minimum absolute atomic E-state index is 0.0201. The van der Waals surface area contributed by atoms with Crippen molar-refractivity contribution in [2.24, 2.45) is 23.2 Å². The van der Waals surface area contributed by atoms with E-state index in [0.29, 0.717) is 51.1 Å². The van der Waals surface area contributed by atoms with E-state index in [0.717, 1.165) is 80.3 Å². The summed E-state index contributed by atoms with van der Waals surface area (Å²) in [5, 5.41) is 52.1. The normalized spacial score (nSPS) is 30.7. The average Bonchev–Trinajstić information content (AvgIpc) is 3.41. The van der Waals surface area contributed by atoms with Gasteiger partial charge in [-0.25, -0.2) is 0 Å². The minimum Gasteiger partial charge on any atom is -0.396 e. The van der Waals surface area contributed by atoms with Crippen molar-refractivity contribution in [2.75, 3.05) is 47.1 Å².